The van der Waals surface area contributed by atoms with E-state index in [4.69, 9.17) is 9.84 Å². The molecule has 1 aliphatic rings. The first-order chi connectivity index (χ1) is 7.11. The van der Waals surface area contributed by atoms with Gasteiger partial charge in [0, 0.05) is 13.2 Å². The first-order valence-electron chi connectivity index (χ1n) is 5.55. The van der Waals surface area contributed by atoms with E-state index in [-0.39, 0.29) is 12.1 Å². The van der Waals surface area contributed by atoms with Gasteiger partial charge in [0.2, 0.25) is 0 Å². The van der Waals surface area contributed by atoms with Crippen molar-refractivity contribution in [3.8, 4) is 0 Å². The Balaban J connectivity index is 2.59. The Morgan fingerprint density at radius 2 is 2.20 bits per heavy atom. The van der Waals surface area contributed by atoms with Crippen molar-refractivity contribution >= 4 is 5.97 Å². The van der Waals surface area contributed by atoms with E-state index in [1.165, 1.54) is 12.8 Å². The first-order valence-corrected chi connectivity index (χ1v) is 5.55. The lowest BCUT2D eigenvalue weighted by atomic mass is 10.1. The highest BCUT2D eigenvalue weighted by molar-refractivity contribution is 5.73. The molecule has 0 aromatic rings. The summed E-state index contributed by atoms with van der Waals surface area (Å²) in [6.45, 7) is 2.54. The average Bonchev–Trinajstić information content (AvgIpc) is 2.97. The molecule has 0 aromatic carbocycles. The summed E-state index contributed by atoms with van der Waals surface area (Å²) < 4.78 is 5.17. The minimum atomic E-state index is -0.734. The number of carboxylic acid groups (broad SMARTS) is 1. The highest BCUT2D eigenvalue weighted by Crippen LogP contribution is 2.35. The molecule has 4 heteroatoms. The van der Waals surface area contributed by atoms with Gasteiger partial charge < -0.3 is 9.84 Å². The quantitative estimate of drug-likeness (QED) is 0.693. The second-order valence-electron chi connectivity index (χ2n) is 4.29. The van der Waals surface area contributed by atoms with Crippen LogP contribution in [0.5, 0.6) is 0 Å². The molecular formula is C11H21NO3. The van der Waals surface area contributed by atoms with Crippen LogP contribution in [0, 0.1) is 5.92 Å². The van der Waals surface area contributed by atoms with Gasteiger partial charge in [-0.15, -0.1) is 0 Å². The average molecular weight is 215 g/mol. The maximum atomic E-state index is 11.0. The predicted molar refractivity (Wildman–Crippen MR) is 57.9 cm³/mol. The lowest BCUT2D eigenvalue weighted by molar-refractivity contribution is -0.144. The number of likely N-dealkylation sites (N-methyl/N-ethyl adjacent to an activating group) is 1. The van der Waals surface area contributed by atoms with Crippen LogP contribution < -0.4 is 0 Å². The Hall–Kier alpha value is -0.610. The molecule has 0 saturated heterocycles. The van der Waals surface area contributed by atoms with Crippen molar-refractivity contribution in [3.05, 3.63) is 0 Å². The number of carbonyl (C=O) groups is 1. The van der Waals surface area contributed by atoms with Crippen molar-refractivity contribution in [2.45, 2.75) is 38.3 Å². The minimum Gasteiger partial charge on any atom is -0.480 e. The van der Waals surface area contributed by atoms with Crippen LogP contribution in [0.2, 0.25) is 0 Å². The Morgan fingerprint density at radius 1 is 1.60 bits per heavy atom. The van der Waals surface area contributed by atoms with Crippen LogP contribution in [0.3, 0.4) is 0 Å². The summed E-state index contributed by atoms with van der Waals surface area (Å²) in [7, 11) is 3.56. The molecule has 0 amide bonds. The van der Waals surface area contributed by atoms with E-state index < -0.39 is 5.97 Å². The third-order valence-corrected chi connectivity index (χ3v) is 3.19. The van der Waals surface area contributed by atoms with Crippen LogP contribution in [-0.4, -0.2) is 48.8 Å². The molecule has 2 atom stereocenters. The summed E-state index contributed by atoms with van der Waals surface area (Å²) in [5.74, 6) is -0.106. The Morgan fingerprint density at radius 3 is 2.53 bits per heavy atom. The zero-order chi connectivity index (χ0) is 11.4. The molecule has 1 saturated carbocycles. The van der Waals surface area contributed by atoms with Crippen molar-refractivity contribution < 1.29 is 14.6 Å². The fourth-order valence-electron chi connectivity index (χ4n) is 2.11. The second kappa shape index (κ2) is 5.47. The maximum absolute atomic E-state index is 11.0. The van der Waals surface area contributed by atoms with Crippen LogP contribution in [-0.2, 0) is 9.53 Å². The zero-order valence-corrected chi connectivity index (χ0v) is 9.77. The van der Waals surface area contributed by atoms with Crippen LogP contribution in [0.25, 0.3) is 0 Å². The lowest BCUT2D eigenvalue weighted by Crippen LogP contribution is -2.47. The number of rotatable bonds is 7. The Bertz CT molecular complexity index is 216. The fraction of sp³-hybridized carbons (Fsp3) is 0.909. The number of methoxy groups -OCH3 is 1. The van der Waals surface area contributed by atoms with Crippen molar-refractivity contribution in [3.63, 3.8) is 0 Å². The van der Waals surface area contributed by atoms with Crippen molar-refractivity contribution in [1.82, 2.24) is 4.90 Å². The molecule has 0 spiro atoms. The van der Waals surface area contributed by atoms with Crippen LogP contribution in [0.1, 0.15) is 26.2 Å². The van der Waals surface area contributed by atoms with E-state index in [9.17, 15) is 4.79 Å². The van der Waals surface area contributed by atoms with Gasteiger partial charge in [0.15, 0.2) is 0 Å². The summed E-state index contributed by atoms with van der Waals surface area (Å²) in [4.78, 5) is 13.0. The van der Waals surface area contributed by atoms with Gasteiger partial charge in [-0.2, -0.15) is 0 Å². The zero-order valence-electron chi connectivity index (χ0n) is 9.77. The predicted octanol–water partition coefficient (Wildman–Crippen LogP) is 1.21. The summed E-state index contributed by atoms with van der Waals surface area (Å²) in [5, 5.41) is 9.08. The van der Waals surface area contributed by atoms with Crippen LogP contribution in [0.4, 0.5) is 0 Å². The molecule has 2 unspecified atom stereocenters. The summed E-state index contributed by atoms with van der Waals surface area (Å²) in [6.07, 6.45) is 3.04. The summed E-state index contributed by atoms with van der Waals surface area (Å²) >= 11 is 0. The second-order valence-corrected chi connectivity index (χ2v) is 4.29. The van der Waals surface area contributed by atoms with Gasteiger partial charge in [-0.1, -0.05) is 6.92 Å². The molecule has 0 bridgehead atoms. The van der Waals surface area contributed by atoms with E-state index >= 15 is 0 Å². The topological polar surface area (TPSA) is 49.8 Å². The molecular weight excluding hydrogens is 194 g/mol. The van der Waals surface area contributed by atoms with E-state index in [1.807, 2.05) is 18.9 Å². The molecule has 1 fully saturated rings. The molecule has 0 radical (unpaired) electrons. The van der Waals surface area contributed by atoms with Gasteiger partial charge in [0.25, 0.3) is 0 Å². The minimum absolute atomic E-state index is 0.260. The summed E-state index contributed by atoms with van der Waals surface area (Å²) in [6, 6.07) is -0.123. The molecule has 15 heavy (non-hydrogen) atoms. The van der Waals surface area contributed by atoms with E-state index in [2.05, 4.69) is 0 Å². The number of hydrogen-bond donors (Lipinski definition) is 1. The van der Waals surface area contributed by atoms with Crippen LogP contribution in [0.15, 0.2) is 0 Å². The number of carboxylic acids is 1. The molecule has 1 aliphatic carbocycles. The third-order valence-electron chi connectivity index (χ3n) is 3.19. The molecule has 4 nitrogen and oxygen atoms in total. The van der Waals surface area contributed by atoms with Crippen molar-refractivity contribution in [2.75, 3.05) is 20.8 Å². The van der Waals surface area contributed by atoms with Gasteiger partial charge in [-0.3, -0.25) is 9.69 Å². The molecule has 1 N–H and O–H groups in total. The molecule has 0 heterocycles. The van der Waals surface area contributed by atoms with E-state index in [1.54, 1.807) is 7.11 Å². The Kier molecular flexibility index (Phi) is 4.54. The lowest BCUT2D eigenvalue weighted by Gasteiger charge is -2.32. The molecule has 88 valence electrons. The monoisotopic (exact) mass is 215 g/mol. The SMILES string of the molecule is CCC(C(=O)O)N(C)C(COC)C1CC1. The molecule has 0 aliphatic heterocycles. The highest BCUT2D eigenvalue weighted by Gasteiger charge is 2.37. The number of aliphatic carboxylic acids is 1. The third kappa shape index (κ3) is 3.18. The van der Waals surface area contributed by atoms with E-state index in [0.29, 0.717) is 18.9 Å². The van der Waals surface area contributed by atoms with Gasteiger partial charge >= 0.3 is 5.97 Å². The maximum Gasteiger partial charge on any atom is 0.320 e. The van der Waals surface area contributed by atoms with Gasteiger partial charge in [0.1, 0.15) is 6.04 Å². The normalized spacial score (nSPS) is 20.3. The Labute approximate surface area is 91.2 Å². The number of ether oxygens (including phenoxy) is 1. The van der Waals surface area contributed by atoms with Crippen molar-refractivity contribution in [2.24, 2.45) is 5.92 Å². The fourth-order valence-corrected chi connectivity index (χ4v) is 2.11. The number of nitrogens with zero attached hydrogens (tertiary/aromatic N) is 1. The highest BCUT2D eigenvalue weighted by atomic mass is 16.5. The number of hydrogen-bond acceptors (Lipinski definition) is 3. The van der Waals surface area contributed by atoms with Crippen LogP contribution >= 0.6 is 0 Å². The summed E-state index contributed by atoms with van der Waals surface area (Å²) in [5.41, 5.74) is 0. The standard InChI is InChI=1S/C11H21NO3/c1-4-9(11(13)14)12(2)10(7-15-3)8-5-6-8/h8-10H,4-7H2,1-3H3,(H,13,14). The van der Waals surface area contributed by atoms with Gasteiger partial charge in [-0.25, -0.2) is 0 Å². The van der Waals surface area contributed by atoms with Gasteiger partial charge in [0.05, 0.1) is 6.61 Å². The largest absolute Gasteiger partial charge is 0.480 e. The van der Waals surface area contributed by atoms with E-state index in [0.717, 1.165) is 0 Å². The van der Waals surface area contributed by atoms with Gasteiger partial charge in [-0.05, 0) is 32.2 Å². The first kappa shape index (κ1) is 12.5. The molecule has 1 rings (SSSR count). The molecule has 0 aromatic heterocycles. The smallest absolute Gasteiger partial charge is 0.320 e. The van der Waals surface area contributed by atoms with Crippen molar-refractivity contribution in [1.29, 1.82) is 0 Å².